The van der Waals surface area contributed by atoms with Gasteiger partial charge >= 0.3 is 0 Å². The van der Waals surface area contributed by atoms with Gasteiger partial charge in [-0.15, -0.1) is 16.4 Å². The van der Waals surface area contributed by atoms with Crippen LogP contribution in [-0.4, -0.2) is 31.7 Å². The minimum atomic E-state index is 0.0576. The molecule has 0 aliphatic heterocycles. The lowest BCUT2D eigenvalue weighted by Gasteiger charge is -2.00. The zero-order valence-corrected chi connectivity index (χ0v) is 11.6. The third kappa shape index (κ3) is 2.57. The highest BCUT2D eigenvalue weighted by molar-refractivity contribution is 7.99. The Balaban J connectivity index is 1.63. The summed E-state index contributed by atoms with van der Waals surface area (Å²) in [6.45, 7) is 0. The molecule has 0 unspecified atom stereocenters. The van der Waals surface area contributed by atoms with Gasteiger partial charge in [0.2, 0.25) is 5.16 Å². The van der Waals surface area contributed by atoms with Gasteiger partial charge in [-0.05, 0) is 35.4 Å². The number of carbonyl (C=O) groups is 1. The summed E-state index contributed by atoms with van der Waals surface area (Å²) in [5.74, 6) is 0.395. The van der Waals surface area contributed by atoms with E-state index in [2.05, 4.69) is 15.5 Å². The number of nitrogens with zero attached hydrogens (tertiary/aromatic N) is 4. The number of halogens is 1. The third-order valence-corrected chi connectivity index (χ3v) is 4.74. The van der Waals surface area contributed by atoms with Crippen LogP contribution in [0.2, 0.25) is 4.34 Å². The molecule has 3 rings (SSSR count). The molecule has 18 heavy (non-hydrogen) atoms. The Hall–Kier alpha value is -0.920. The maximum absolute atomic E-state index is 11.9. The van der Waals surface area contributed by atoms with Crippen LogP contribution in [0, 0.1) is 0 Å². The molecule has 94 valence electrons. The van der Waals surface area contributed by atoms with Gasteiger partial charge < -0.3 is 0 Å². The van der Waals surface area contributed by atoms with E-state index in [1.165, 1.54) is 23.1 Å². The number of aromatic nitrogens is 4. The Morgan fingerprint density at radius 3 is 3.06 bits per heavy atom. The average molecular weight is 301 g/mol. The van der Waals surface area contributed by atoms with E-state index in [1.807, 2.05) is 0 Å². The van der Waals surface area contributed by atoms with Crippen molar-refractivity contribution in [2.45, 2.75) is 24.0 Å². The van der Waals surface area contributed by atoms with Crippen molar-refractivity contribution < 1.29 is 4.79 Å². The molecule has 8 heteroatoms. The van der Waals surface area contributed by atoms with Crippen LogP contribution in [0.15, 0.2) is 17.3 Å². The molecule has 5 nitrogen and oxygen atoms in total. The van der Waals surface area contributed by atoms with Crippen LogP contribution in [-0.2, 0) is 0 Å². The maximum Gasteiger partial charge on any atom is 0.210 e. The fourth-order valence-electron chi connectivity index (χ4n) is 1.49. The van der Waals surface area contributed by atoms with Gasteiger partial charge in [0.1, 0.15) is 0 Å². The number of thioether (sulfide) groups is 1. The molecule has 2 heterocycles. The molecule has 0 amide bonds. The number of tetrazole rings is 1. The first-order valence-corrected chi connectivity index (χ1v) is 7.61. The Labute approximate surface area is 117 Å². The Morgan fingerprint density at radius 2 is 2.39 bits per heavy atom. The van der Waals surface area contributed by atoms with Crippen molar-refractivity contribution >= 4 is 40.5 Å². The molecule has 1 saturated carbocycles. The molecule has 1 aliphatic rings. The lowest BCUT2D eigenvalue weighted by atomic mass is 10.4. The zero-order chi connectivity index (χ0) is 12.5. The van der Waals surface area contributed by atoms with Gasteiger partial charge in [-0.2, -0.15) is 0 Å². The standard InChI is InChI=1S/C10H9ClN4OS2/c11-9-4-3-8(18-9)7(16)5-17-10-12-13-14-15(10)6-1-2-6/h3-4,6H,1-2,5H2. The largest absolute Gasteiger partial charge is 0.292 e. The smallest absolute Gasteiger partial charge is 0.210 e. The summed E-state index contributed by atoms with van der Waals surface area (Å²) < 4.78 is 2.44. The number of hydrogen-bond donors (Lipinski definition) is 0. The maximum atomic E-state index is 11.9. The van der Waals surface area contributed by atoms with Crippen molar-refractivity contribution in [2.24, 2.45) is 0 Å². The van der Waals surface area contributed by atoms with Crippen molar-refractivity contribution in [3.63, 3.8) is 0 Å². The Morgan fingerprint density at radius 1 is 1.56 bits per heavy atom. The molecule has 0 atom stereocenters. The summed E-state index contributed by atoms with van der Waals surface area (Å²) >= 11 is 8.48. The molecule has 2 aromatic rings. The second-order valence-electron chi connectivity index (χ2n) is 3.95. The molecule has 0 bridgehead atoms. The fraction of sp³-hybridized carbons (Fsp3) is 0.400. The fourth-order valence-corrected chi connectivity index (χ4v) is 3.39. The van der Waals surface area contributed by atoms with Gasteiger partial charge in [0.25, 0.3) is 0 Å². The summed E-state index contributed by atoms with van der Waals surface area (Å²) in [5.41, 5.74) is 0. The topological polar surface area (TPSA) is 60.7 Å². The van der Waals surface area contributed by atoms with Crippen molar-refractivity contribution in [1.29, 1.82) is 0 Å². The zero-order valence-electron chi connectivity index (χ0n) is 9.24. The highest BCUT2D eigenvalue weighted by atomic mass is 35.5. The second-order valence-corrected chi connectivity index (χ2v) is 6.61. The van der Waals surface area contributed by atoms with Crippen LogP contribution in [0.25, 0.3) is 0 Å². The van der Waals surface area contributed by atoms with E-state index in [9.17, 15) is 4.79 Å². The van der Waals surface area contributed by atoms with E-state index in [0.29, 0.717) is 26.2 Å². The molecule has 0 N–H and O–H groups in total. The Bertz CT molecular complexity index is 578. The average Bonchev–Trinajstić information content (AvgIpc) is 2.94. The van der Waals surface area contributed by atoms with Gasteiger partial charge in [-0.1, -0.05) is 23.4 Å². The molecule has 0 radical (unpaired) electrons. The summed E-state index contributed by atoms with van der Waals surface area (Å²) in [6.07, 6.45) is 2.24. The number of rotatable bonds is 5. The van der Waals surface area contributed by atoms with Crippen LogP contribution in [0.4, 0.5) is 0 Å². The molecular formula is C10H9ClN4OS2. The van der Waals surface area contributed by atoms with E-state index in [-0.39, 0.29) is 5.78 Å². The first kappa shape index (κ1) is 12.1. The van der Waals surface area contributed by atoms with E-state index < -0.39 is 0 Å². The Kier molecular flexibility index (Phi) is 3.36. The second kappa shape index (κ2) is 4.99. The molecule has 0 aromatic carbocycles. The summed E-state index contributed by atoms with van der Waals surface area (Å²) in [4.78, 5) is 12.6. The van der Waals surface area contributed by atoms with E-state index in [0.717, 1.165) is 12.8 Å². The van der Waals surface area contributed by atoms with E-state index in [4.69, 9.17) is 11.6 Å². The van der Waals surface area contributed by atoms with Gasteiger partial charge in [0.15, 0.2) is 5.78 Å². The minimum Gasteiger partial charge on any atom is -0.292 e. The van der Waals surface area contributed by atoms with E-state index in [1.54, 1.807) is 16.8 Å². The van der Waals surface area contributed by atoms with Crippen molar-refractivity contribution in [3.8, 4) is 0 Å². The van der Waals surface area contributed by atoms with E-state index >= 15 is 0 Å². The summed E-state index contributed by atoms with van der Waals surface area (Å²) in [5, 5.41) is 12.2. The first-order chi connectivity index (χ1) is 8.74. The monoisotopic (exact) mass is 300 g/mol. The first-order valence-electron chi connectivity index (χ1n) is 5.43. The lowest BCUT2D eigenvalue weighted by Crippen LogP contribution is -2.03. The van der Waals surface area contributed by atoms with Gasteiger partial charge in [0, 0.05) is 0 Å². The van der Waals surface area contributed by atoms with Crippen LogP contribution < -0.4 is 0 Å². The number of thiophene rings is 1. The van der Waals surface area contributed by atoms with Crippen molar-refractivity contribution in [3.05, 3.63) is 21.3 Å². The van der Waals surface area contributed by atoms with Gasteiger partial charge in [0.05, 0.1) is 21.0 Å². The van der Waals surface area contributed by atoms with Crippen molar-refractivity contribution in [1.82, 2.24) is 20.2 Å². The van der Waals surface area contributed by atoms with Crippen LogP contribution >= 0.6 is 34.7 Å². The predicted octanol–water partition coefficient (Wildman–Crippen LogP) is 2.70. The quantitative estimate of drug-likeness (QED) is 0.627. The summed E-state index contributed by atoms with van der Waals surface area (Å²) in [7, 11) is 0. The normalized spacial score (nSPS) is 14.9. The number of ketones is 1. The van der Waals surface area contributed by atoms with Gasteiger partial charge in [-0.3, -0.25) is 4.79 Å². The van der Waals surface area contributed by atoms with Crippen LogP contribution in [0.5, 0.6) is 0 Å². The van der Waals surface area contributed by atoms with Crippen LogP contribution in [0.1, 0.15) is 28.6 Å². The van der Waals surface area contributed by atoms with Gasteiger partial charge in [-0.25, -0.2) is 4.68 Å². The summed E-state index contributed by atoms with van der Waals surface area (Å²) in [6, 6.07) is 3.91. The third-order valence-electron chi connectivity index (χ3n) is 2.54. The van der Waals surface area contributed by atoms with Crippen molar-refractivity contribution in [2.75, 3.05) is 5.75 Å². The number of hydrogen-bond acceptors (Lipinski definition) is 6. The molecule has 0 spiro atoms. The molecular weight excluding hydrogens is 292 g/mol. The lowest BCUT2D eigenvalue weighted by molar-refractivity contribution is 0.102. The highest BCUT2D eigenvalue weighted by Gasteiger charge is 2.28. The SMILES string of the molecule is O=C(CSc1nnnn1C1CC1)c1ccc(Cl)s1. The minimum absolute atomic E-state index is 0.0576. The molecule has 2 aromatic heterocycles. The molecule has 0 saturated heterocycles. The molecule has 1 fully saturated rings. The highest BCUT2D eigenvalue weighted by Crippen LogP contribution is 2.36. The van der Waals surface area contributed by atoms with Crippen LogP contribution in [0.3, 0.4) is 0 Å². The predicted molar refractivity (Wildman–Crippen MR) is 70.5 cm³/mol. The molecule has 1 aliphatic carbocycles. The number of Topliss-reactive ketones (excluding diaryl/α,β-unsaturated/α-hetero) is 1. The number of carbonyl (C=O) groups excluding carboxylic acids is 1.